The van der Waals surface area contributed by atoms with E-state index in [-0.39, 0.29) is 6.04 Å². The number of aromatic nitrogens is 1. The molecule has 1 rings (SSSR count). The molecule has 0 aliphatic rings. The van der Waals surface area contributed by atoms with Crippen LogP contribution in [0.15, 0.2) is 24.5 Å². The van der Waals surface area contributed by atoms with E-state index >= 15 is 0 Å². The molecule has 0 aromatic carbocycles. The van der Waals surface area contributed by atoms with Crippen LogP contribution in [-0.2, 0) is 4.74 Å². The van der Waals surface area contributed by atoms with Crippen molar-refractivity contribution in [3.05, 3.63) is 30.1 Å². The average Bonchev–Trinajstić information content (AvgIpc) is 2.36. The van der Waals surface area contributed by atoms with Gasteiger partial charge in [-0.2, -0.15) is 0 Å². The van der Waals surface area contributed by atoms with Gasteiger partial charge in [-0.05, 0) is 30.5 Å². The second kappa shape index (κ2) is 8.19. The number of aliphatic hydroxyl groups excluding tert-OH is 1. The molecular formula is C14H24N2O2. The predicted octanol–water partition coefficient (Wildman–Crippen LogP) is 1.77. The van der Waals surface area contributed by atoms with Crippen LogP contribution in [0.3, 0.4) is 0 Å². The van der Waals surface area contributed by atoms with Crippen LogP contribution in [0.25, 0.3) is 0 Å². The first-order valence-electron chi connectivity index (χ1n) is 6.48. The van der Waals surface area contributed by atoms with E-state index in [1.165, 1.54) is 5.56 Å². The third-order valence-corrected chi connectivity index (χ3v) is 2.63. The number of pyridine rings is 1. The summed E-state index contributed by atoms with van der Waals surface area (Å²) < 4.78 is 5.39. The standard InChI is InChI=1S/C14H24N2O2/c1-11(2)9-18-10-14(17)8-16-12(3)13-4-6-15-7-5-13/h4-7,11-12,14,16-17H,8-10H2,1-3H3. The second-order valence-corrected chi connectivity index (χ2v) is 5.00. The molecule has 1 heterocycles. The fourth-order valence-electron chi connectivity index (χ4n) is 1.58. The smallest absolute Gasteiger partial charge is 0.0897 e. The quantitative estimate of drug-likeness (QED) is 0.740. The zero-order chi connectivity index (χ0) is 13.4. The summed E-state index contributed by atoms with van der Waals surface area (Å²) in [7, 11) is 0. The van der Waals surface area contributed by atoms with Crippen LogP contribution >= 0.6 is 0 Å². The van der Waals surface area contributed by atoms with Gasteiger partial charge in [0.1, 0.15) is 0 Å². The summed E-state index contributed by atoms with van der Waals surface area (Å²) in [6.45, 7) is 7.86. The Morgan fingerprint density at radius 3 is 2.50 bits per heavy atom. The lowest BCUT2D eigenvalue weighted by atomic mass is 10.1. The minimum Gasteiger partial charge on any atom is -0.389 e. The Kier molecular flexibility index (Phi) is 6.86. The van der Waals surface area contributed by atoms with Gasteiger partial charge in [0.25, 0.3) is 0 Å². The third kappa shape index (κ3) is 6.10. The zero-order valence-corrected chi connectivity index (χ0v) is 11.5. The number of nitrogens with zero attached hydrogens (tertiary/aromatic N) is 1. The highest BCUT2D eigenvalue weighted by molar-refractivity contribution is 5.13. The minimum atomic E-state index is -0.465. The summed E-state index contributed by atoms with van der Waals surface area (Å²) in [4.78, 5) is 3.98. The van der Waals surface area contributed by atoms with Crippen LogP contribution in [0.2, 0.25) is 0 Å². The molecule has 0 bridgehead atoms. The van der Waals surface area contributed by atoms with Gasteiger partial charge < -0.3 is 15.2 Å². The maximum absolute atomic E-state index is 9.76. The van der Waals surface area contributed by atoms with E-state index in [0.717, 1.165) is 0 Å². The molecule has 4 heteroatoms. The lowest BCUT2D eigenvalue weighted by Gasteiger charge is -2.17. The van der Waals surface area contributed by atoms with E-state index in [9.17, 15) is 5.11 Å². The van der Waals surface area contributed by atoms with E-state index in [1.807, 2.05) is 12.1 Å². The van der Waals surface area contributed by atoms with Gasteiger partial charge in [0.05, 0.1) is 12.7 Å². The molecule has 2 unspecified atom stereocenters. The fraction of sp³-hybridized carbons (Fsp3) is 0.643. The van der Waals surface area contributed by atoms with E-state index in [2.05, 4.69) is 31.1 Å². The molecule has 0 fully saturated rings. The Hall–Kier alpha value is -0.970. The van der Waals surface area contributed by atoms with Gasteiger partial charge in [-0.1, -0.05) is 13.8 Å². The van der Waals surface area contributed by atoms with Crippen LogP contribution in [0.5, 0.6) is 0 Å². The number of hydrogen-bond acceptors (Lipinski definition) is 4. The summed E-state index contributed by atoms with van der Waals surface area (Å²) in [5.74, 6) is 0.501. The van der Waals surface area contributed by atoms with Gasteiger partial charge in [0.15, 0.2) is 0 Å². The first-order chi connectivity index (χ1) is 8.59. The second-order valence-electron chi connectivity index (χ2n) is 5.00. The lowest BCUT2D eigenvalue weighted by Crippen LogP contribution is -2.32. The Bertz CT molecular complexity index is 317. The van der Waals surface area contributed by atoms with Crippen molar-refractivity contribution in [3.8, 4) is 0 Å². The zero-order valence-electron chi connectivity index (χ0n) is 11.5. The van der Waals surface area contributed by atoms with Crippen LogP contribution in [0, 0.1) is 5.92 Å². The summed E-state index contributed by atoms with van der Waals surface area (Å²) in [5, 5.41) is 13.0. The average molecular weight is 252 g/mol. The van der Waals surface area contributed by atoms with Crippen molar-refractivity contribution in [2.75, 3.05) is 19.8 Å². The van der Waals surface area contributed by atoms with Gasteiger partial charge in [-0.3, -0.25) is 4.98 Å². The molecule has 102 valence electrons. The summed E-state index contributed by atoms with van der Waals surface area (Å²) >= 11 is 0. The SMILES string of the molecule is CC(C)COCC(O)CNC(C)c1ccncc1. The van der Waals surface area contributed by atoms with Crippen molar-refractivity contribution in [3.63, 3.8) is 0 Å². The third-order valence-electron chi connectivity index (χ3n) is 2.63. The highest BCUT2D eigenvalue weighted by atomic mass is 16.5. The molecule has 1 aromatic heterocycles. The molecule has 2 N–H and O–H groups in total. The largest absolute Gasteiger partial charge is 0.389 e. The molecule has 2 atom stereocenters. The summed E-state index contributed by atoms with van der Waals surface area (Å²) in [5.41, 5.74) is 1.17. The summed E-state index contributed by atoms with van der Waals surface area (Å²) in [6, 6.07) is 4.14. The highest BCUT2D eigenvalue weighted by Crippen LogP contribution is 2.09. The Morgan fingerprint density at radius 1 is 1.22 bits per heavy atom. The first kappa shape index (κ1) is 15.1. The maximum Gasteiger partial charge on any atom is 0.0897 e. The number of hydrogen-bond donors (Lipinski definition) is 2. The molecule has 1 aromatic rings. The van der Waals surface area contributed by atoms with Gasteiger partial charge >= 0.3 is 0 Å². The lowest BCUT2D eigenvalue weighted by molar-refractivity contribution is 0.0252. The van der Waals surface area contributed by atoms with Gasteiger partial charge in [0.2, 0.25) is 0 Å². The van der Waals surface area contributed by atoms with Crippen LogP contribution in [0.4, 0.5) is 0 Å². The van der Waals surface area contributed by atoms with Crippen molar-refractivity contribution in [2.45, 2.75) is 32.9 Å². The molecular weight excluding hydrogens is 228 g/mol. The number of ether oxygens (including phenoxy) is 1. The Morgan fingerprint density at radius 2 is 1.89 bits per heavy atom. The van der Waals surface area contributed by atoms with Crippen LogP contribution in [-0.4, -0.2) is 36.0 Å². The molecule has 0 aliphatic carbocycles. The topological polar surface area (TPSA) is 54.4 Å². The van der Waals surface area contributed by atoms with E-state index in [4.69, 9.17) is 4.74 Å². The summed E-state index contributed by atoms with van der Waals surface area (Å²) in [6.07, 6.45) is 3.08. The van der Waals surface area contributed by atoms with Gasteiger partial charge in [-0.15, -0.1) is 0 Å². The molecule has 0 saturated carbocycles. The molecule has 0 amide bonds. The molecule has 0 aliphatic heterocycles. The Balaban J connectivity index is 2.20. The molecule has 4 nitrogen and oxygen atoms in total. The number of rotatable bonds is 8. The monoisotopic (exact) mass is 252 g/mol. The van der Waals surface area contributed by atoms with Crippen molar-refractivity contribution in [2.24, 2.45) is 5.92 Å². The molecule has 0 radical (unpaired) electrons. The fourth-order valence-corrected chi connectivity index (χ4v) is 1.58. The maximum atomic E-state index is 9.76. The minimum absolute atomic E-state index is 0.202. The van der Waals surface area contributed by atoms with Crippen molar-refractivity contribution in [1.82, 2.24) is 10.3 Å². The van der Waals surface area contributed by atoms with Crippen molar-refractivity contribution in [1.29, 1.82) is 0 Å². The molecule has 0 saturated heterocycles. The van der Waals surface area contributed by atoms with E-state index in [1.54, 1.807) is 12.4 Å². The number of aliphatic hydroxyl groups is 1. The number of nitrogens with one attached hydrogen (secondary N) is 1. The van der Waals surface area contributed by atoms with E-state index < -0.39 is 6.10 Å². The van der Waals surface area contributed by atoms with E-state index in [0.29, 0.717) is 25.7 Å². The van der Waals surface area contributed by atoms with Gasteiger partial charge in [-0.25, -0.2) is 0 Å². The Labute approximate surface area is 109 Å². The van der Waals surface area contributed by atoms with Crippen molar-refractivity contribution >= 4 is 0 Å². The molecule has 0 spiro atoms. The van der Waals surface area contributed by atoms with Crippen LogP contribution in [0.1, 0.15) is 32.4 Å². The normalized spacial score (nSPS) is 14.7. The van der Waals surface area contributed by atoms with Crippen LogP contribution < -0.4 is 5.32 Å². The predicted molar refractivity (Wildman–Crippen MR) is 72.3 cm³/mol. The first-order valence-corrected chi connectivity index (χ1v) is 6.48. The molecule has 18 heavy (non-hydrogen) atoms. The van der Waals surface area contributed by atoms with Crippen molar-refractivity contribution < 1.29 is 9.84 Å². The highest BCUT2D eigenvalue weighted by Gasteiger charge is 2.09. The van der Waals surface area contributed by atoms with Gasteiger partial charge in [0, 0.05) is 31.6 Å².